The molecule has 0 saturated heterocycles. The highest BCUT2D eigenvalue weighted by Crippen LogP contribution is 2.24. The molecule has 0 fully saturated rings. The molecule has 5 nitrogen and oxygen atoms in total. The number of halogens is 2. The first-order chi connectivity index (χ1) is 11.1. The largest absolute Gasteiger partial charge is 0.497 e. The molecule has 0 spiro atoms. The number of benzene rings is 2. The van der Waals surface area contributed by atoms with Crippen molar-refractivity contribution in [3.05, 3.63) is 58.1 Å². The second-order valence-corrected chi connectivity index (χ2v) is 5.19. The Balaban J connectivity index is 1.85. The Morgan fingerprint density at radius 1 is 1.22 bits per heavy atom. The van der Waals surface area contributed by atoms with E-state index in [1.54, 1.807) is 49.6 Å². The van der Waals surface area contributed by atoms with Crippen LogP contribution in [0.25, 0.3) is 0 Å². The highest BCUT2D eigenvalue weighted by molar-refractivity contribution is 6.43. The molecule has 0 aromatic heterocycles. The fourth-order valence-electron chi connectivity index (χ4n) is 1.67. The average molecular weight is 353 g/mol. The molecule has 0 aliphatic rings. The van der Waals surface area contributed by atoms with Gasteiger partial charge in [0.2, 0.25) is 0 Å². The maximum Gasteiger partial charge on any atom is 0.277 e. The van der Waals surface area contributed by atoms with Crippen LogP contribution < -0.4 is 14.9 Å². The summed E-state index contributed by atoms with van der Waals surface area (Å²) in [6.45, 7) is -0.173. The molecule has 7 heteroatoms. The predicted molar refractivity (Wildman–Crippen MR) is 90.7 cm³/mol. The molecule has 0 unspecified atom stereocenters. The molecule has 2 aromatic rings. The lowest BCUT2D eigenvalue weighted by atomic mass is 10.2. The molecule has 120 valence electrons. The van der Waals surface area contributed by atoms with E-state index < -0.39 is 5.91 Å². The van der Waals surface area contributed by atoms with Crippen LogP contribution in [0.5, 0.6) is 11.5 Å². The number of nitrogens with one attached hydrogen (secondary N) is 1. The summed E-state index contributed by atoms with van der Waals surface area (Å²) in [5.74, 6) is 0.778. The van der Waals surface area contributed by atoms with E-state index >= 15 is 0 Å². The first-order valence-electron chi connectivity index (χ1n) is 6.63. The lowest BCUT2D eigenvalue weighted by Crippen LogP contribution is -2.24. The van der Waals surface area contributed by atoms with Crippen molar-refractivity contribution in [2.45, 2.75) is 0 Å². The molecule has 1 amide bonds. The van der Waals surface area contributed by atoms with E-state index in [9.17, 15) is 4.79 Å². The number of amides is 1. The number of methoxy groups -OCH3 is 1. The van der Waals surface area contributed by atoms with Crippen LogP contribution in [0.3, 0.4) is 0 Å². The van der Waals surface area contributed by atoms with Crippen molar-refractivity contribution in [3.8, 4) is 11.5 Å². The third-order valence-electron chi connectivity index (χ3n) is 2.79. The number of hydrogen-bond donors (Lipinski definition) is 1. The van der Waals surface area contributed by atoms with Gasteiger partial charge in [-0.1, -0.05) is 41.4 Å². The maximum absolute atomic E-state index is 11.7. The summed E-state index contributed by atoms with van der Waals surface area (Å²) in [6, 6.07) is 12.1. The monoisotopic (exact) mass is 352 g/mol. The third kappa shape index (κ3) is 5.16. The van der Waals surface area contributed by atoms with E-state index in [-0.39, 0.29) is 6.61 Å². The lowest BCUT2D eigenvalue weighted by molar-refractivity contribution is -0.123. The second-order valence-electron chi connectivity index (χ2n) is 4.40. The van der Waals surface area contributed by atoms with Gasteiger partial charge in [0.25, 0.3) is 5.91 Å². The zero-order valence-corrected chi connectivity index (χ0v) is 13.8. The highest BCUT2D eigenvalue weighted by atomic mass is 35.5. The predicted octanol–water partition coefficient (Wildman–Crippen LogP) is 3.53. The summed E-state index contributed by atoms with van der Waals surface area (Å²) in [5.41, 5.74) is 2.95. The average Bonchev–Trinajstić information content (AvgIpc) is 2.57. The quantitative estimate of drug-likeness (QED) is 0.638. The van der Waals surface area contributed by atoms with Gasteiger partial charge in [-0.25, -0.2) is 5.43 Å². The Morgan fingerprint density at radius 3 is 2.74 bits per heavy atom. The molecule has 1 N–H and O–H groups in total. The summed E-state index contributed by atoms with van der Waals surface area (Å²) >= 11 is 11.9. The van der Waals surface area contributed by atoms with E-state index in [1.807, 2.05) is 0 Å². The van der Waals surface area contributed by atoms with Gasteiger partial charge in [-0.2, -0.15) is 5.10 Å². The normalized spacial score (nSPS) is 10.6. The van der Waals surface area contributed by atoms with Gasteiger partial charge in [-0.15, -0.1) is 0 Å². The van der Waals surface area contributed by atoms with E-state index in [1.165, 1.54) is 6.21 Å². The van der Waals surface area contributed by atoms with E-state index in [2.05, 4.69) is 10.5 Å². The minimum absolute atomic E-state index is 0.173. The van der Waals surface area contributed by atoms with Gasteiger partial charge in [0, 0.05) is 11.6 Å². The topological polar surface area (TPSA) is 59.9 Å². The van der Waals surface area contributed by atoms with Gasteiger partial charge in [0.1, 0.15) is 11.5 Å². The van der Waals surface area contributed by atoms with Crippen molar-refractivity contribution in [1.29, 1.82) is 0 Å². The van der Waals surface area contributed by atoms with Crippen molar-refractivity contribution in [2.75, 3.05) is 13.7 Å². The Morgan fingerprint density at radius 2 is 1.96 bits per heavy atom. The van der Waals surface area contributed by atoms with Crippen LogP contribution in [-0.2, 0) is 4.79 Å². The van der Waals surface area contributed by atoms with Crippen LogP contribution in [0.2, 0.25) is 10.0 Å². The smallest absolute Gasteiger partial charge is 0.277 e. The fourth-order valence-corrected chi connectivity index (χ4v) is 2.02. The third-order valence-corrected chi connectivity index (χ3v) is 3.62. The lowest BCUT2D eigenvalue weighted by Gasteiger charge is -2.06. The molecule has 0 bridgehead atoms. The van der Waals surface area contributed by atoms with Crippen molar-refractivity contribution in [1.82, 2.24) is 5.43 Å². The number of hydrogen-bond acceptors (Lipinski definition) is 4. The van der Waals surface area contributed by atoms with Gasteiger partial charge in [0.05, 0.1) is 23.4 Å². The summed E-state index contributed by atoms with van der Waals surface area (Å²) in [7, 11) is 1.56. The number of hydrazone groups is 1. The number of nitrogens with zero attached hydrogens (tertiary/aromatic N) is 1. The maximum atomic E-state index is 11.7. The summed E-state index contributed by atoms with van der Waals surface area (Å²) in [4.78, 5) is 11.7. The number of ether oxygens (including phenoxy) is 2. The van der Waals surface area contributed by atoms with Gasteiger partial charge < -0.3 is 9.47 Å². The molecule has 0 aliphatic carbocycles. The fraction of sp³-hybridized carbons (Fsp3) is 0.125. The zero-order valence-electron chi connectivity index (χ0n) is 12.3. The van der Waals surface area contributed by atoms with Gasteiger partial charge >= 0.3 is 0 Å². The Kier molecular flexibility index (Phi) is 6.26. The first-order valence-corrected chi connectivity index (χ1v) is 7.38. The number of carbonyl (C=O) groups is 1. The van der Waals surface area contributed by atoms with Crippen LogP contribution in [0, 0.1) is 0 Å². The van der Waals surface area contributed by atoms with Crippen LogP contribution in [0.4, 0.5) is 0 Å². The Hall–Kier alpha value is -2.24. The number of carbonyl (C=O) groups excluding carboxylic acids is 1. The molecule has 2 aromatic carbocycles. The summed E-state index contributed by atoms with van der Waals surface area (Å²) in [6.07, 6.45) is 1.41. The van der Waals surface area contributed by atoms with E-state index in [0.29, 0.717) is 27.1 Å². The van der Waals surface area contributed by atoms with Crippen LogP contribution in [-0.4, -0.2) is 25.8 Å². The minimum atomic E-state index is -0.401. The van der Waals surface area contributed by atoms with Crippen LogP contribution in [0.15, 0.2) is 47.6 Å². The van der Waals surface area contributed by atoms with E-state index in [4.69, 9.17) is 32.7 Å². The van der Waals surface area contributed by atoms with Gasteiger partial charge in [-0.05, 0) is 18.2 Å². The first kappa shape index (κ1) is 17.1. The molecule has 0 saturated carbocycles. The molecule has 0 heterocycles. The highest BCUT2D eigenvalue weighted by Gasteiger charge is 2.04. The standard InChI is InChI=1S/C16H14Cl2N2O3/c1-22-12-5-3-6-13(8-12)23-10-15(21)20-19-9-11-4-2-7-14(17)16(11)18/h2-9H,10H2,1H3,(H,20,21)/b19-9-. The van der Waals surface area contributed by atoms with Crippen molar-refractivity contribution >= 4 is 35.3 Å². The SMILES string of the molecule is COc1cccc(OCC(=O)N/N=C\c2cccc(Cl)c2Cl)c1. The molecule has 0 radical (unpaired) electrons. The summed E-state index contributed by atoms with van der Waals surface area (Å²) < 4.78 is 10.4. The minimum Gasteiger partial charge on any atom is -0.497 e. The molecular formula is C16H14Cl2N2O3. The summed E-state index contributed by atoms with van der Waals surface area (Å²) in [5, 5.41) is 4.61. The zero-order chi connectivity index (χ0) is 16.7. The van der Waals surface area contributed by atoms with Gasteiger partial charge in [0.15, 0.2) is 6.61 Å². The van der Waals surface area contributed by atoms with Gasteiger partial charge in [-0.3, -0.25) is 4.79 Å². The Labute approximate surface area is 143 Å². The molecule has 23 heavy (non-hydrogen) atoms. The Bertz CT molecular complexity index is 720. The molecule has 0 aliphatic heterocycles. The van der Waals surface area contributed by atoms with Crippen molar-refractivity contribution in [3.63, 3.8) is 0 Å². The van der Waals surface area contributed by atoms with Crippen LogP contribution in [0.1, 0.15) is 5.56 Å². The number of rotatable bonds is 6. The molecular weight excluding hydrogens is 339 g/mol. The van der Waals surface area contributed by atoms with Crippen molar-refractivity contribution in [2.24, 2.45) is 5.10 Å². The molecule has 0 atom stereocenters. The van der Waals surface area contributed by atoms with Crippen molar-refractivity contribution < 1.29 is 14.3 Å². The molecule has 2 rings (SSSR count). The van der Waals surface area contributed by atoms with E-state index in [0.717, 1.165) is 0 Å². The second kappa shape index (κ2) is 8.41. The van der Waals surface area contributed by atoms with Crippen LogP contribution >= 0.6 is 23.2 Å².